The summed E-state index contributed by atoms with van der Waals surface area (Å²) < 4.78 is 41.5. The van der Waals surface area contributed by atoms with E-state index in [1.54, 1.807) is 25.2 Å². The fraction of sp³-hybridized carbons (Fsp3) is 0.154. The Hall–Kier alpha value is -4.65. The summed E-state index contributed by atoms with van der Waals surface area (Å²) in [5.41, 5.74) is 2.12. The number of aromatic nitrogens is 2. The van der Waals surface area contributed by atoms with E-state index in [4.69, 9.17) is 0 Å². The van der Waals surface area contributed by atoms with Gasteiger partial charge in [-0.3, -0.25) is 10.1 Å². The summed E-state index contributed by atoms with van der Waals surface area (Å²) in [4.78, 5) is 12.9. The van der Waals surface area contributed by atoms with Crippen LogP contribution in [-0.2, 0) is 12.7 Å². The van der Waals surface area contributed by atoms with E-state index in [9.17, 15) is 28.5 Å². The first-order valence-electron chi connectivity index (χ1n) is 10.8. The van der Waals surface area contributed by atoms with Crippen molar-refractivity contribution in [3.63, 3.8) is 0 Å². The molecule has 0 bridgehead atoms. The van der Waals surface area contributed by atoms with Gasteiger partial charge in [-0.1, -0.05) is 36.4 Å². The Labute approximate surface area is 204 Å². The zero-order chi connectivity index (χ0) is 26.0. The first kappa shape index (κ1) is 24.5. The average Bonchev–Trinajstić information content (AvgIpc) is 3.28. The summed E-state index contributed by atoms with van der Waals surface area (Å²) in [6.45, 7) is 1.80. The van der Waals surface area contributed by atoms with Crippen molar-refractivity contribution in [3.8, 4) is 22.9 Å². The molecule has 7 nitrogen and oxygen atoms in total. The molecule has 0 aliphatic rings. The Kier molecular flexibility index (Phi) is 6.49. The molecule has 3 aromatic carbocycles. The average molecular weight is 491 g/mol. The number of hydrogen-bond donors (Lipinski definition) is 0. The Bertz CT molecular complexity index is 1490. The maximum absolute atomic E-state index is 13.5. The lowest BCUT2D eigenvalue weighted by Crippen LogP contribution is -2.20. The van der Waals surface area contributed by atoms with Crippen LogP contribution in [0.2, 0.25) is 0 Å². The summed E-state index contributed by atoms with van der Waals surface area (Å²) in [6.07, 6.45) is -4.69. The fourth-order valence-corrected chi connectivity index (χ4v) is 3.99. The third-order valence-corrected chi connectivity index (χ3v) is 5.73. The predicted octanol–water partition coefficient (Wildman–Crippen LogP) is 6.28. The van der Waals surface area contributed by atoms with Crippen LogP contribution in [0.15, 0.2) is 72.8 Å². The number of nitriles is 1. The number of rotatable bonds is 6. The second-order valence-electron chi connectivity index (χ2n) is 8.22. The zero-order valence-electron chi connectivity index (χ0n) is 19.3. The van der Waals surface area contributed by atoms with Gasteiger partial charge >= 0.3 is 6.18 Å². The molecule has 0 unspecified atom stereocenters. The van der Waals surface area contributed by atoms with Crippen molar-refractivity contribution in [1.29, 1.82) is 5.26 Å². The second-order valence-corrected chi connectivity index (χ2v) is 8.22. The summed E-state index contributed by atoms with van der Waals surface area (Å²) in [7, 11) is 1.56. The van der Waals surface area contributed by atoms with Crippen molar-refractivity contribution in [2.75, 3.05) is 11.9 Å². The number of halogens is 3. The summed E-state index contributed by atoms with van der Waals surface area (Å²) >= 11 is 0. The third kappa shape index (κ3) is 4.90. The molecule has 0 saturated carbocycles. The molecule has 4 aromatic rings. The highest BCUT2D eigenvalue weighted by Gasteiger charge is 2.35. The van der Waals surface area contributed by atoms with E-state index in [1.807, 2.05) is 37.3 Å². The Morgan fingerprint density at radius 1 is 1.08 bits per heavy atom. The minimum absolute atomic E-state index is 0.107. The molecule has 0 aliphatic carbocycles. The standard InChI is InChI=1S/C26H20F3N5O2/c1-17-6-3-4-9-22(17)19-10-11-23(24(13-19)34(35)36)32(2)16-21-14-25(26(27,28)29)31-33(21)20-8-5-7-18(12-20)15-30/h3-14H,16H2,1-2H3. The molecule has 1 heterocycles. The van der Waals surface area contributed by atoms with Gasteiger partial charge in [-0.15, -0.1) is 0 Å². The lowest BCUT2D eigenvalue weighted by atomic mass is 9.99. The number of nitro benzene ring substituents is 1. The van der Waals surface area contributed by atoms with Gasteiger partial charge in [0.15, 0.2) is 5.69 Å². The second kappa shape index (κ2) is 9.54. The molecule has 0 saturated heterocycles. The van der Waals surface area contributed by atoms with Crippen LogP contribution in [0.25, 0.3) is 16.8 Å². The fourth-order valence-electron chi connectivity index (χ4n) is 3.99. The van der Waals surface area contributed by atoms with E-state index in [0.29, 0.717) is 5.56 Å². The highest BCUT2D eigenvalue weighted by molar-refractivity contribution is 5.75. The van der Waals surface area contributed by atoms with E-state index < -0.39 is 16.8 Å². The van der Waals surface area contributed by atoms with Crippen LogP contribution in [0.4, 0.5) is 24.5 Å². The van der Waals surface area contributed by atoms with Gasteiger partial charge < -0.3 is 4.90 Å². The van der Waals surface area contributed by atoms with Crippen molar-refractivity contribution >= 4 is 11.4 Å². The Morgan fingerprint density at radius 3 is 2.50 bits per heavy atom. The highest BCUT2D eigenvalue weighted by atomic mass is 19.4. The van der Waals surface area contributed by atoms with E-state index in [1.165, 1.54) is 29.2 Å². The van der Waals surface area contributed by atoms with E-state index in [0.717, 1.165) is 21.9 Å². The maximum Gasteiger partial charge on any atom is 0.435 e. The number of aryl methyl sites for hydroxylation is 1. The summed E-state index contributed by atoms with van der Waals surface area (Å²) in [5, 5.41) is 24.8. The van der Waals surface area contributed by atoms with Crippen LogP contribution in [0, 0.1) is 28.4 Å². The summed E-state index contributed by atoms with van der Waals surface area (Å²) in [6, 6.07) is 21.2. The monoisotopic (exact) mass is 491 g/mol. The predicted molar refractivity (Wildman–Crippen MR) is 129 cm³/mol. The smallest absolute Gasteiger partial charge is 0.363 e. The van der Waals surface area contributed by atoms with Crippen LogP contribution in [0.1, 0.15) is 22.5 Å². The Balaban J connectivity index is 1.75. The zero-order valence-corrected chi connectivity index (χ0v) is 19.3. The van der Waals surface area contributed by atoms with Crippen molar-refractivity contribution in [1.82, 2.24) is 9.78 Å². The van der Waals surface area contributed by atoms with Crippen molar-refractivity contribution in [2.24, 2.45) is 0 Å². The van der Waals surface area contributed by atoms with E-state index >= 15 is 0 Å². The molecule has 182 valence electrons. The largest absolute Gasteiger partial charge is 0.435 e. The number of anilines is 1. The lowest BCUT2D eigenvalue weighted by molar-refractivity contribution is -0.384. The van der Waals surface area contributed by atoms with Crippen molar-refractivity contribution in [3.05, 3.63) is 105 Å². The number of nitro groups is 1. The van der Waals surface area contributed by atoms with Crippen LogP contribution in [0.3, 0.4) is 0 Å². The first-order valence-corrected chi connectivity index (χ1v) is 10.8. The quantitative estimate of drug-likeness (QED) is 0.234. The molecule has 0 atom stereocenters. The lowest BCUT2D eigenvalue weighted by Gasteiger charge is -2.20. The molecule has 0 N–H and O–H groups in total. The van der Waals surface area contributed by atoms with Gasteiger partial charge in [0, 0.05) is 13.1 Å². The van der Waals surface area contributed by atoms with Gasteiger partial charge in [-0.2, -0.15) is 23.5 Å². The summed E-state index contributed by atoms with van der Waals surface area (Å²) in [5.74, 6) is 0. The number of nitrogens with zero attached hydrogens (tertiary/aromatic N) is 5. The Morgan fingerprint density at radius 2 is 1.83 bits per heavy atom. The number of alkyl halides is 3. The van der Waals surface area contributed by atoms with Gasteiger partial charge in [0.25, 0.3) is 5.69 Å². The van der Waals surface area contributed by atoms with Crippen LogP contribution >= 0.6 is 0 Å². The third-order valence-electron chi connectivity index (χ3n) is 5.73. The normalized spacial score (nSPS) is 11.2. The molecule has 0 aliphatic heterocycles. The van der Waals surface area contributed by atoms with Gasteiger partial charge in [0.2, 0.25) is 0 Å². The molecule has 0 spiro atoms. The van der Waals surface area contributed by atoms with Crippen LogP contribution < -0.4 is 4.90 Å². The van der Waals surface area contributed by atoms with Gasteiger partial charge in [0.05, 0.1) is 34.5 Å². The van der Waals surface area contributed by atoms with Gasteiger partial charge in [-0.05, 0) is 53.9 Å². The van der Waals surface area contributed by atoms with Crippen LogP contribution in [0.5, 0.6) is 0 Å². The van der Waals surface area contributed by atoms with Gasteiger partial charge in [0.1, 0.15) is 5.69 Å². The molecule has 4 rings (SSSR count). The maximum atomic E-state index is 13.5. The molecular formula is C26H20F3N5O2. The topological polar surface area (TPSA) is 88.0 Å². The molecule has 1 aromatic heterocycles. The molecule has 0 amide bonds. The van der Waals surface area contributed by atoms with Crippen LogP contribution in [-0.4, -0.2) is 21.8 Å². The number of hydrogen-bond acceptors (Lipinski definition) is 5. The van der Waals surface area contributed by atoms with Crippen molar-refractivity contribution in [2.45, 2.75) is 19.6 Å². The van der Waals surface area contributed by atoms with Crippen molar-refractivity contribution < 1.29 is 18.1 Å². The minimum atomic E-state index is -4.69. The molecule has 36 heavy (non-hydrogen) atoms. The molecule has 0 radical (unpaired) electrons. The minimum Gasteiger partial charge on any atom is -0.363 e. The SMILES string of the molecule is Cc1ccccc1-c1ccc(N(C)Cc2cc(C(F)(F)F)nn2-c2cccc(C#N)c2)c([N+](=O)[O-])c1. The van der Waals surface area contributed by atoms with Gasteiger partial charge in [-0.25, -0.2) is 4.68 Å². The number of benzene rings is 3. The molecule has 10 heteroatoms. The molecular weight excluding hydrogens is 471 g/mol. The van der Waals surface area contributed by atoms with E-state index in [2.05, 4.69) is 5.10 Å². The highest BCUT2D eigenvalue weighted by Crippen LogP contribution is 2.35. The molecule has 0 fully saturated rings. The first-order chi connectivity index (χ1) is 17.1. The van der Waals surface area contributed by atoms with E-state index in [-0.39, 0.29) is 34.9 Å².